The van der Waals surface area contributed by atoms with Crippen molar-refractivity contribution in [3.05, 3.63) is 64.7 Å². The normalized spacial score (nSPS) is 26.7. The van der Waals surface area contributed by atoms with E-state index < -0.39 is 10.0 Å². The van der Waals surface area contributed by atoms with E-state index in [0.29, 0.717) is 23.1 Å². The van der Waals surface area contributed by atoms with Crippen molar-refractivity contribution in [3.8, 4) is 0 Å². The minimum absolute atomic E-state index is 0.130. The summed E-state index contributed by atoms with van der Waals surface area (Å²) in [4.78, 5) is 0.323. The fourth-order valence-corrected chi connectivity index (χ4v) is 5.59. The van der Waals surface area contributed by atoms with Gasteiger partial charge in [0.25, 0.3) is 0 Å². The first-order chi connectivity index (χ1) is 12.0. The molecule has 25 heavy (non-hydrogen) atoms. The second kappa shape index (κ2) is 6.40. The molecule has 2 heterocycles. The van der Waals surface area contributed by atoms with Crippen LogP contribution in [0.15, 0.2) is 53.4 Å². The average Bonchev–Trinajstić information content (AvgIpc) is 3.18. The summed E-state index contributed by atoms with van der Waals surface area (Å²) in [6.45, 7) is 2.98. The smallest absolute Gasteiger partial charge is 0.245 e. The van der Waals surface area contributed by atoms with Gasteiger partial charge in [-0.25, -0.2) is 8.42 Å². The van der Waals surface area contributed by atoms with Crippen molar-refractivity contribution in [2.45, 2.75) is 30.4 Å². The van der Waals surface area contributed by atoms with Crippen LogP contribution in [0, 0.1) is 12.8 Å². The summed E-state index contributed by atoms with van der Waals surface area (Å²) in [6.07, 6.45) is 0.490. The SMILES string of the molecule is Cc1ccc(S(=O)(=O)N2C[C@H](c3ccc(Cl)cc3)[C@H]3CCO[C@H]32)cc1. The summed E-state index contributed by atoms with van der Waals surface area (Å²) in [5.41, 5.74) is 2.15. The lowest BCUT2D eigenvalue weighted by Gasteiger charge is -2.22. The molecule has 4 nitrogen and oxygen atoms in total. The molecule has 0 spiro atoms. The Hall–Kier alpha value is -1.40. The molecule has 2 fully saturated rings. The third-order valence-corrected chi connectivity index (χ3v) is 7.30. The van der Waals surface area contributed by atoms with E-state index in [1.165, 1.54) is 4.31 Å². The highest BCUT2D eigenvalue weighted by Gasteiger charge is 2.50. The van der Waals surface area contributed by atoms with E-state index in [1.807, 2.05) is 43.3 Å². The zero-order valence-corrected chi connectivity index (χ0v) is 15.5. The van der Waals surface area contributed by atoms with E-state index in [2.05, 4.69) is 0 Å². The highest BCUT2D eigenvalue weighted by atomic mass is 35.5. The largest absolute Gasteiger partial charge is 0.362 e. The molecule has 0 amide bonds. The van der Waals surface area contributed by atoms with Gasteiger partial charge in [0.2, 0.25) is 10.0 Å². The van der Waals surface area contributed by atoms with Crippen LogP contribution < -0.4 is 0 Å². The molecule has 6 heteroatoms. The van der Waals surface area contributed by atoms with Gasteiger partial charge in [-0.1, -0.05) is 41.4 Å². The molecule has 0 aliphatic carbocycles. The summed E-state index contributed by atoms with van der Waals surface area (Å²) < 4.78 is 33.6. The van der Waals surface area contributed by atoms with Gasteiger partial charge in [-0.3, -0.25) is 0 Å². The Morgan fingerprint density at radius 1 is 1.08 bits per heavy atom. The second-order valence-corrected chi connectivity index (χ2v) is 9.09. The molecule has 3 atom stereocenters. The Bertz CT molecular complexity index is 865. The molecule has 0 radical (unpaired) electrons. The molecule has 2 saturated heterocycles. The zero-order valence-electron chi connectivity index (χ0n) is 13.9. The molecule has 4 rings (SSSR count). The molecule has 2 aromatic rings. The van der Waals surface area contributed by atoms with E-state index in [-0.39, 0.29) is 18.1 Å². The van der Waals surface area contributed by atoms with Crippen LogP contribution in [0.4, 0.5) is 0 Å². The first-order valence-electron chi connectivity index (χ1n) is 8.42. The summed E-state index contributed by atoms with van der Waals surface area (Å²) in [6, 6.07) is 14.7. The van der Waals surface area contributed by atoms with Crippen LogP contribution in [0.5, 0.6) is 0 Å². The zero-order chi connectivity index (χ0) is 17.6. The number of halogens is 1. The average molecular weight is 378 g/mol. The van der Waals surface area contributed by atoms with Gasteiger partial charge < -0.3 is 4.74 Å². The molecule has 0 N–H and O–H groups in total. The number of benzene rings is 2. The maximum atomic E-state index is 13.1. The number of hydrogen-bond donors (Lipinski definition) is 0. The molecule has 132 valence electrons. The van der Waals surface area contributed by atoms with Gasteiger partial charge in [0.05, 0.1) is 4.90 Å². The number of sulfonamides is 1. The number of ether oxygens (including phenoxy) is 1. The summed E-state index contributed by atoms with van der Waals surface area (Å²) in [5, 5.41) is 0.685. The van der Waals surface area contributed by atoms with Crippen LogP contribution in [0.2, 0.25) is 5.02 Å². The van der Waals surface area contributed by atoms with E-state index in [1.54, 1.807) is 12.1 Å². The van der Waals surface area contributed by atoms with Crippen molar-refractivity contribution in [2.24, 2.45) is 5.92 Å². The van der Waals surface area contributed by atoms with Crippen molar-refractivity contribution in [1.82, 2.24) is 4.31 Å². The lowest BCUT2D eigenvalue weighted by molar-refractivity contribution is 0.0359. The van der Waals surface area contributed by atoms with Crippen LogP contribution in [0.1, 0.15) is 23.5 Å². The lowest BCUT2D eigenvalue weighted by Crippen LogP contribution is -2.37. The predicted molar refractivity (Wildman–Crippen MR) is 97.1 cm³/mol. The number of nitrogens with zero attached hydrogens (tertiary/aromatic N) is 1. The molecule has 2 aromatic carbocycles. The molecule has 0 saturated carbocycles. The molecule has 2 aliphatic rings. The Morgan fingerprint density at radius 2 is 1.76 bits per heavy atom. The van der Waals surface area contributed by atoms with Crippen molar-refractivity contribution in [2.75, 3.05) is 13.2 Å². The fraction of sp³-hybridized carbons (Fsp3) is 0.368. The summed E-state index contributed by atoms with van der Waals surface area (Å²) >= 11 is 5.99. The van der Waals surface area contributed by atoms with Crippen molar-refractivity contribution in [1.29, 1.82) is 0 Å². The molecule has 0 aromatic heterocycles. The number of aryl methyl sites for hydroxylation is 1. The molecular formula is C19H20ClNO3S. The fourth-order valence-electron chi connectivity index (χ4n) is 3.86. The van der Waals surface area contributed by atoms with Gasteiger partial charge in [-0.15, -0.1) is 0 Å². The Labute approximate surface area is 153 Å². The standard InChI is InChI=1S/C19H20ClNO3S/c1-13-2-8-16(9-3-13)25(22,23)21-12-18(17-10-11-24-19(17)21)14-4-6-15(20)7-5-14/h2-9,17-19H,10-12H2,1H3/t17-,18-,19-/m1/s1. The summed E-state index contributed by atoms with van der Waals surface area (Å²) in [7, 11) is -3.58. The van der Waals surface area contributed by atoms with Gasteiger partial charge in [0.15, 0.2) is 0 Å². The molecular weight excluding hydrogens is 358 g/mol. The second-order valence-electron chi connectivity index (χ2n) is 6.76. The topological polar surface area (TPSA) is 46.6 Å². The maximum absolute atomic E-state index is 13.1. The number of fused-ring (bicyclic) bond motifs is 1. The minimum Gasteiger partial charge on any atom is -0.362 e. The van der Waals surface area contributed by atoms with Crippen molar-refractivity contribution < 1.29 is 13.2 Å². The third kappa shape index (κ3) is 2.99. The molecule has 0 bridgehead atoms. The summed E-state index contributed by atoms with van der Waals surface area (Å²) in [5.74, 6) is 0.311. The molecule has 0 unspecified atom stereocenters. The van der Waals surface area contributed by atoms with Crippen LogP contribution in [0.25, 0.3) is 0 Å². The van der Waals surface area contributed by atoms with Gasteiger partial charge in [-0.05, 0) is 43.2 Å². The quantitative estimate of drug-likeness (QED) is 0.817. The predicted octanol–water partition coefficient (Wildman–Crippen LogP) is 3.80. The Morgan fingerprint density at radius 3 is 2.44 bits per heavy atom. The number of rotatable bonds is 3. The van der Waals surface area contributed by atoms with Crippen LogP contribution in [0.3, 0.4) is 0 Å². The first kappa shape index (κ1) is 17.0. The Kier molecular flexibility index (Phi) is 4.36. The van der Waals surface area contributed by atoms with Crippen LogP contribution in [-0.4, -0.2) is 32.1 Å². The van der Waals surface area contributed by atoms with Crippen LogP contribution >= 0.6 is 11.6 Å². The Balaban J connectivity index is 1.68. The number of hydrogen-bond acceptors (Lipinski definition) is 3. The monoisotopic (exact) mass is 377 g/mol. The highest BCUT2D eigenvalue weighted by Crippen LogP contribution is 2.45. The lowest BCUT2D eigenvalue weighted by atomic mass is 9.87. The highest BCUT2D eigenvalue weighted by molar-refractivity contribution is 7.89. The van der Waals surface area contributed by atoms with E-state index >= 15 is 0 Å². The van der Waals surface area contributed by atoms with Gasteiger partial charge in [0, 0.05) is 30.0 Å². The van der Waals surface area contributed by atoms with Gasteiger partial charge in [0.1, 0.15) is 6.23 Å². The van der Waals surface area contributed by atoms with Gasteiger partial charge >= 0.3 is 0 Å². The first-order valence-corrected chi connectivity index (χ1v) is 10.2. The van der Waals surface area contributed by atoms with E-state index in [9.17, 15) is 8.42 Å². The minimum atomic E-state index is -3.58. The third-order valence-electron chi connectivity index (χ3n) is 5.21. The molecule has 2 aliphatic heterocycles. The van der Waals surface area contributed by atoms with Crippen molar-refractivity contribution in [3.63, 3.8) is 0 Å². The van der Waals surface area contributed by atoms with Crippen LogP contribution in [-0.2, 0) is 14.8 Å². The van der Waals surface area contributed by atoms with Gasteiger partial charge in [-0.2, -0.15) is 4.31 Å². The van der Waals surface area contributed by atoms with E-state index in [4.69, 9.17) is 16.3 Å². The van der Waals surface area contributed by atoms with E-state index in [0.717, 1.165) is 17.5 Å². The van der Waals surface area contributed by atoms with Crippen molar-refractivity contribution >= 4 is 21.6 Å². The maximum Gasteiger partial charge on any atom is 0.245 e.